The first-order valence-corrected chi connectivity index (χ1v) is 7.63. The van der Waals surface area contributed by atoms with Crippen LogP contribution in [0.5, 0.6) is 0 Å². The van der Waals surface area contributed by atoms with Gasteiger partial charge < -0.3 is 9.67 Å². The number of aliphatic hydroxyl groups is 1. The summed E-state index contributed by atoms with van der Waals surface area (Å²) in [6.07, 6.45) is 7.66. The summed E-state index contributed by atoms with van der Waals surface area (Å²) < 4.78 is 2.06. The third kappa shape index (κ3) is 2.43. The van der Waals surface area contributed by atoms with Gasteiger partial charge in [0.15, 0.2) is 0 Å². The lowest BCUT2D eigenvalue weighted by Crippen LogP contribution is -2.51. The van der Waals surface area contributed by atoms with Crippen LogP contribution in [0.1, 0.15) is 58.4 Å². The first kappa shape index (κ1) is 14.5. The van der Waals surface area contributed by atoms with E-state index in [1.807, 2.05) is 6.20 Å². The monoisotopic (exact) mass is 265 g/mol. The number of aliphatic hydroxyl groups excluding tert-OH is 1. The van der Waals surface area contributed by atoms with Crippen LogP contribution >= 0.6 is 0 Å². The summed E-state index contributed by atoms with van der Waals surface area (Å²) in [4.78, 5) is 6.88. The highest BCUT2D eigenvalue weighted by Gasteiger charge is 2.43. The van der Waals surface area contributed by atoms with Crippen LogP contribution in [0.15, 0.2) is 12.4 Å². The molecule has 1 aromatic heterocycles. The van der Waals surface area contributed by atoms with Crippen LogP contribution in [0.25, 0.3) is 0 Å². The van der Waals surface area contributed by atoms with Gasteiger partial charge in [-0.25, -0.2) is 4.98 Å². The van der Waals surface area contributed by atoms with Crippen LogP contribution in [0.4, 0.5) is 0 Å². The second-order valence-electron chi connectivity index (χ2n) is 5.48. The lowest BCUT2D eigenvalue weighted by Gasteiger charge is -2.44. The summed E-state index contributed by atoms with van der Waals surface area (Å²) in [6, 6.07) is 0. The molecule has 0 bridgehead atoms. The predicted octanol–water partition coefficient (Wildman–Crippen LogP) is 2.59. The second kappa shape index (κ2) is 6.06. The molecule has 1 aliphatic heterocycles. The molecule has 1 aliphatic rings. The van der Waals surface area contributed by atoms with Crippen molar-refractivity contribution >= 4 is 0 Å². The van der Waals surface area contributed by atoms with Gasteiger partial charge >= 0.3 is 0 Å². The van der Waals surface area contributed by atoms with Crippen LogP contribution < -0.4 is 0 Å². The number of imidazole rings is 1. The van der Waals surface area contributed by atoms with Gasteiger partial charge in [-0.05, 0) is 45.7 Å². The maximum absolute atomic E-state index is 11.0. The zero-order valence-corrected chi connectivity index (χ0v) is 12.5. The largest absolute Gasteiger partial charge is 0.383 e. The van der Waals surface area contributed by atoms with E-state index in [0.717, 1.165) is 38.3 Å². The molecule has 1 saturated heterocycles. The van der Waals surface area contributed by atoms with Crippen molar-refractivity contribution < 1.29 is 5.11 Å². The Morgan fingerprint density at radius 2 is 1.89 bits per heavy atom. The van der Waals surface area contributed by atoms with Crippen LogP contribution in [0, 0.1) is 0 Å². The maximum Gasteiger partial charge on any atom is 0.139 e. The average molecular weight is 265 g/mol. The summed E-state index contributed by atoms with van der Waals surface area (Å²) in [5.74, 6) is 0.818. The van der Waals surface area contributed by atoms with Crippen molar-refractivity contribution in [2.75, 3.05) is 13.1 Å². The molecule has 1 fully saturated rings. The molecule has 1 atom stereocenters. The van der Waals surface area contributed by atoms with Crippen molar-refractivity contribution in [1.82, 2.24) is 14.5 Å². The Balaban J connectivity index is 2.32. The Morgan fingerprint density at radius 1 is 1.26 bits per heavy atom. The van der Waals surface area contributed by atoms with E-state index < -0.39 is 6.10 Å². The van der Waals surface area contributed by atoms with Gasteiger partial charge in [-0.15, -0.1) is 0 Å². The summed E-state index contributed by atoms with van der Waals surface area (Å²) in [7, 11) is 0. The zero-order valence-electron chi connectivity index (χ0n) is 12.5. The smallest absolute Gasteiger partial charge is 0.139 e. The lowest BCUT2D eigenvalue weighted by molar-refractivity contribution is -0.0356. The number of nitrogens with zero attached hydrogens (tertiary/aromatic N) is 3. The lowest BCUT2D eigenvalue weighted by atomic mass is 9.84. The van der Waals surface area contributed by atoms with Crippen molar-refractivity contribution in [2.45, 2.75) is 64.6 Å². The topological polar surface area (TPSA) is 41.3 Å². The molecule has 108 valence electrons. The maximum atomic E-state index is 11.0. The van der Waals surface area contributed by atoms with Crippen LogP contribution in [-0.2, 0) is 6.54 Å². The Kier molecular flexibility index (Phi) is 4.63. The quantitative estimate of drug-likeness (QED) is 0.859. The molecular weight excluding hydrogens is 238 g/mol. The van der Waals surface area contributed by atoms with E-state index in [0.29, 0.717) is 0 Å². The van der Waals surface area contributed by atoms with E-state index in [-0.39, 0.29) is 5.54 Å². The molecule has 4 nitrogen and oxygen atoms in total. The Labute approximate surface area is 116 Å². The SMILES string of the molecule is CCn1ccnc1C(O)C(CC)(CC)N1CCCC1. The number of aryl methyl sites for hydroxylation is 1. The minimum atomic E-state index is -0.504. The summed E-state index contributed by atoms with van der Waals surface area (Å²) in [5.41, 5.74) is -0.158. The number of rotatable bonds is 6. The van der Waals surface area contributed by atoms with Crippen LogP contribution in [-0.4, -0.2) is 38.2 Å². The van der Waals surface area contributed by atoms with Gasteiger partial charge in [0.25, 0.3) is 0 Å². The third-order valence-electron chi connectivity index (χ3n) is 4.80. The van der Waals surface area contributed by atoms with Crippen molar-refractivity contribution in [1.29, 1.82) is 0 Å². The standard InChI is InChI=1S/C15H27N3O/c1-4-15(5-2,18-10-7-8-11-18)13(19)14-16-9-12-17(14)6-3/h9,12-13,19H,4-8,10-11H2,1-3H3. The molecular formula is C15H27N3O. The van der Waals surface area contributed by atoms with Crippen molar-refractivity contribution in [3.8, 4) is 0 Å². The van der Waals surface area contributed by atoms with Gasteiger partial charge in [0.1, 0.15) is 11.9 Å². The number of aromatic nitrogens is 2. The second-order valence-corrected chi connectivity index (χ2v) is 5.48. The minimum absolute atomic E-state index is 0.158. The Morgan fingerprint density at radius 3 is 2.42 bits per heavy atom. The number of likely N-dealkylation sites (tertiary alicyclic amines) is 1. The van der Waals surface area contributed by atoms with Crippen molar-refractivity contribution in [3.63, 3.8) is 0 Å². The number of hydrogen-bond donors (Lipinski definition) is 1. The molecule has 1 N–H and O–H groups in total. The van der Waals surface area contributed by atoms with Gasteiger partial charge in [-0.1, -0.05) is 13.8 Å². The molecule has 0 saturated carbocycles. The van der Waals surface area contributed by atoms with Gasteiger partial charge in [0.2, 0.25) is 0 Å². The highest BCUT2D eigenvalue weighted by atomic mass is 16.3. The van der Waals surface area contributed by atoms with E-state index >= 15 is 0 Å². The highest BCUT2D eigenvalue weighted by molar-refractivity contribution is 5.08. The number of hydrogen-bond acceptors (Lipinski definition) is 3. The first-order chi connectivity index (χ1) is 9.19. The molecule has 0 radical (unpaired) electrons. The average Bonchev–Trinajstić information content (AvgIpc) is 3.11. The zero-order chi connectivity index (χ0) is 13.9. The van der Waals surface area contributed by atoms with E-state index in [9.17, 15) is 5.11 Å². The predicted molar refractivity (Wildman–Crippen MR) is 77.0 cm³/mol. The molecule has 4 heteroatoms. The molecule has 1 unspecified atom stereocenters. The van der Waals surface area contributed by atoms with E-state index in [1.54, 1.807) is 6.20 Å². The normalized spacial score (nSPS) is 18.9. The molecule has 0 spiro atoms. The van der Waals surface area contributed by atoms with Gasteiger partial charge in [0, 0.05) is 18.9 Å². The minimum Gasteiger partial charge on any atom is -0.383 e. The van der Waals surface area contributed by atoms with Gasteiger partial charge in [-0.2, -0.15) is 0 Å². The Bertz CT molecular complexity index is 392. The fourth-order valence-corrected chi connectivity index (χ4v) is 3.50. The summed E-state index contributed by atoms with van der Waals surface area (Å²) >= 11 is 0. The Hall–Kier alpha value is -0.870. The van der Waals surface area contributed by atoms with E-state index in [4.69, 9.17) is 0 Å². The van der Waals surface area contributed by atoms with Gasteiger partial charge in [-0.3, -0.25) is 4.90 Å². The molecule has 19 heavy (non-hydrogen) atoms. The fraction of sp³-hybridized carbons (Fsp3) is 0.800. The summed E-state index contributed by atoms with van der Waals surface area (Å²) in [5, 5.41) is 11.0. The van der Waals surface area contributed by atoms with E-state index in [1.165, 1.54) is 12.8 Å². The van der Waals surface area contributed by atoms with Crippen molar-refractivity contribution in [3.05, 3.63) is 18.2 Å². The fourth-order valence-electron chi connectivity index (χ4n) is 3.50. The van der Waals surface area contributed by atoms with Crippen LogP contribution in [0.2, 0.25) is 0 Å². The molecule has 0 aromatic carbocycles. The highest BCUT2D eigenvalue weighted by Crippen LogP contribution is 2.38. The summed E-state index contributed by atoms with van der Waals surface area (Å²) in [6.45, 7) is 9.52. The first-order valence-electron chi connectivity index (χ1n) is 7.63. The molecule has 1 aromatic rings. The molecule has 2 rings (SSSR count). The molecule has 0 aliphatic carbocycles. The third-order valence-corrected chi connectivity index (χ3v) is 4.80. The van der Waals surface area contributed by atoms with E-state index in [2.05, 4.69) is 35.2 Å². The van der Waals surface area contributed by atoms with Crippen LogP contribution in [0.3, 0.4) is 0 Å². The molecule has 2 heterocycles. The molecule has 0 amide bonds. The van der Waals surface area contributed by atoms with Crippen molar-refractivity contribution in [2.24, 2.45) is 0 Å². The van der Waals surface area contributed by atoms with Gasteiger partial charge in [0.05, 0.1) is 5.54 Å².